The predicted octanol–water partition coefficient (Wildman–Crippen LogP) is 2.25. The molecule has 0 saturated heterocycles. The lowest BCUT2D eigenvalue weighted by Crippen LogP contribution is -2.74. The number of likely N-dealkylation sites (N-methyl/N-ethyl adjacent to an activating group) is 1. The standard InChI is InChI=1S/C32H36N2O8/c1-34(2)26-20-14-16-13-19-18(22-11-8-17(42-22)12-15-6-4-3-5-7-15)9-10-21(35)24(19)27(36)23(16)29(38)32(20,41)30(39)25(28(26)37)31(33)40/h8-11,15-16,20,23,25-26,35,41H,3-7,12-14H2,1-2H3,(H2,33,40)/t16-,20-,23?,25?,26-,32-/m1/s1. The van der Waals surface area contributed by atoms with Crippen LogP contribution in [0.15, 0.2) is 28.7 Å². The molecule has 4 N–H and O–H groups in total. The minimum Gasteiger partial charge on any atom is -0.507 e. The number of furan rings is 1. The van der Waals surface area contributed by atoms with Crippen LogP contribution in [-0.4, -0.2) is 69.9 Å². The average Bonchev–Trinajstić information content (AvgIpc) is 3.39. The Bertz CT molecular complexity index is 1500. The number of amides is 1. The van der Waals surface area contributed by atoms with E-state index in [1.165, 1.54) is 43.1 Å². The summed E-state index contributed by atoms with van der Waals surface area (Å²) in [6.45, 7) is 0. The number of ketones is 4. The Hall–Kier alpha value is -3.63. The summed E-state index contributed by atoms with van der Waals surface area (Å²) in [6.07, 6.45) is 7.07. The summed E-state index contributed by atoms with van der Waals surface area (Å²) in [5, 5.41) is 22.5. The highest BCUT2D eigenvalue weighted by Crippen LogP contribution is 2.51. The van der Waals surface area contributed by atoms with Gasteiger partial charge in [0.15, 0.2) is 34.7 Å². The number of aromatic hydroxyl groups is 1. The number of nitrogens with zero attached hydrogens (tertiary/aromatic N) is 1. The fourth-order valence-electron chi connectivity index (χ4n) is 8.14. The number of carbonyl (C=O) groups excluding carboxylic acids is 5. The molecule has 1 heterocycles. The van der Waals surface area contributed by atoms with E-state index in [-0.39, 0.29) is 24.2 Å². The van der Waals surface area contributed by atoms with Crippen molar-refractivity contribution in [1.29, 1.82) is 0 Å². The largest absolute Gasteiger partial charge is 0.507 e. The van der Waals surface area contributed by atoms with E-state index < -0.39 is 64.4 Å². The van der Waals surface area contributed by atoms with Gasteiger partial charge in [-0.2, -0.15) is 0 Å². The molecule has 10 nitrogen and oxygen atoms in total. The zero-order chi connectivity index (χ0) is 30.1. The highest BCUT2D eigenvalue weighted by atomic mass is 16.3. The molecule has 1 amide bonds. The Morgan fingerprint density at radius 2 is 1.76 bits per heavy atom. The first kappa shape index (κ1) is 28.5. The molecule has 0 radical (unpaired) electrons. The quantitative estimate of drug-likeness (QED) is 0.452. The summed E-state index contributed by atoms with van der Waals surface area (Å²) >= 11 is 0. The molecule has 2 unspecified atom stereocenters. The Morgan fingerprint density at radius 1 is 1.05 bits per heavy atom. The fourth-order valence-corrected chi connectivity index (χ4v) is 8.14. The van der Waals surface area contributed by atoms with Crippen LogP contribution in [0.25, 0.3) is 11.3 Å². The zero-order valence-electron chi connectivity index (χ0n) is 23.8. The molecule has 4 aliphatic carbocycles. The molecule has 1 aromatic carbocycles. The summed E-state index contributed by atoms with van der Waals surface area (Å²) in [5.74, 6) is -8.59. The molecule has 0 bridgehead atoms. The number of aliphatic hydroxyl groups is 1. The second kappa shape index (κ2) is 10.3. The molecule has 1 aromatic heterocycles. The summed E-state index contributed by atoms with van der Waals surface area (Å²) in [5.41, 5.74) is 3.76. The van der Waals surface area contributed by atoms with E-state index in [1.54, 1.807) is 20.2 Å². The first-order valence-electron chi connectivity index (χ1n) is 14.7. The number of Topliss-reactive ketones (excluding diaryl/α,β-unsaturated/α-hetero) is 4. The van der Waals surface area contributed by atoms with Crippen LogP contribution in [0.4, 0.5) is 0 Å². The minimum atomic E-state index is -2.74. The van der Waals surface area contributed by atoms with Gasteiger partial charge in [0, 0.05) is 17.9 Å². The van der Waals surface area contributed by atoms with Gasteiger partial charge in [-0.25, -0.2) is 0 Å². The van der Waals surface area contributed by atoms with Crippen molar-refractivity contribution in [3.8, 4) is 17.1 Å². The maximum atomic E-state index is 14.0. The van der Waals surface area contributed by atoms with Crippen molar-refractivity contribution >= 4 is 29.0 Å². The number of rotatable bonds is 5. The smallest absolute Gasteiger partial charge is 0.235 e. The zero-order valence-corrected chi connectivity index (χ0v) is 23.8. The van der Waals surface area contributed by atoms with Gasteiger partial charge < -0.3 is 20.4 Å². The molecular formula is C32H36N2O8. The number of carbonyl (C=O) groups is 5. The van der Waals surface area contributed by atoms with Crippen LogP contribution in [-0.2, 0) is 32.0 Å². The number of hydrogen-bond acceptors (Lipinski definition) is 9. The number of benzene rings is 1. The lowest BCUT2D eigenvalue weighted by Gasteiger charge is -2.52. The van der Waals surface area contributed by atoms with Gasteiger partial charge in [-0.3, -0.25) is 28.9 Å². The van der Waals surface area contributed by atoms with Crippen LogP contribution >= 0.6 is 0 Å². The topological polar surface area (TPSA) is 168 Å². The first-order valence-corrected chi connectivity index (χ1v) is 14.7. The van der Waals surface area contributed by atoms with Crippen LogP contribution < -0.4 is 5.73 Å². The summed E-state index contributed by atoms with van der Waals surface area (Å²) in [7, 11) is 3.12. The molecule has 10 heteroatoms. The Kier molecular flexibility index (Phi) is 6.97. The van der Waals surface area contributed by atoms with Crippen molar-refractivity contribution in [1.82, 2.24) is 4.90 Å². The molecule has 0 spiro atoms. The van der Waals surface area contributed by atoms with E-state index in [9.17, 15) is 34.2 Å². The molecule has 4 aliphatic rings. The molecule has 3 saturated carbocycles. The number of primary amides is 1. The molecular weight excluding hydrogens is 540 g/mol. The van der Waals surface area contributed by atoms with Crippen LogP contribution in [0.5, 0.6) is 5.75 Å². The van der Waals surface area contributed by atoms with E-state index in [0.29, 0.717) is 22.8 Å². The Morgan fingerprint density at radius 3 is 2.43 bits per heavy atom. The van der Waals surface area contributed by atoms with Gasteiger partial charge in [-0.1, -0.05) is 32.1 Å². The van der Waals surface area contributed by atoms with Crippen LogP contribution in [0.1, 0.15) is 60.2 Å². The Labute approximate surface area is 243 Å². The molecule has 42 heavy (non-hydrogen) atoms. The number of hydrogen-bond donors (Lipinski definition) is 3. The van der Waals surface area contributed by atoms with Crippen molar-refractivity contribution in [3.05, 3.63) is 41.2 Å². The number of phenolic OH excluding ortho intramolecular Hbond substituents is 1. The monoisotopic (exact) mass is 576 g/mol. The molecule has 6 rings (SSSR count). The van der Waals surface area contributed by atoms with Crippen molar-refractivity contribution in [2.24, 2.45) is 35.3 Å². The minimum absolute atomic E-state index is 0.00404. The fraction of sp³-hybridized carbons (Fsp3) is 0.531. The van der Waals surface area contributed by atoms with Gasteiger partial charge >= 0.3 is 0 Å². The van der Waals surface area contributed by atoms with Crippen molar-refractivity contribution < 1.29 is 38.6 Å². The van der Waals surface area contributed by atoms with Gasteiger partial charge in [0.25, 0.3) is 0 Å². The lowest BCUT2D eigenvalue weighted by atomic mass is 9.52. The van der Waals surface area contributed by atoms with Gasteiger partial charge in [-0.05, 0) is 68.6 Å². The highest BCUT2D eigenvalue weighted by Gasteiger charge is 2.69. The van der Waals surface area contributed by atoms with Crippen LogP contribution in [0.3, 0.4) is 0 Å². The summed E-state index contributed by atoms with van der Waals surface area (Å²) in [4.78, 5) is 68.2. The molecule has 0 aliphatic heterocycles. The molecule has 3 fully saturated rings. The molecule has 222 valence electrons. The normalized spacial score (nSPS) is 31.6. The third-order valence-corrected chi connectivity index (χ3v) is 10.1. The van der Waals surface area contributed by atoms with Crippen molar-refractivity contribution in [3.63, 3.8) is 0 Å². The van der Waals surface area contributed by atoms with Gasteiger partial charge in [0.2, 0.25) is 5.91 Å². The second-order valence-corrected chi connectivity index (χ2v) is 12.7. The van der Waals surface area contributed by atoms with Crippen molar-refractivity contribution in [2.75, 3.05) is 14.1 Å². The maximum absolute atomic E-state index is 14.0. The van der Waals surface area contributed by atoms with E-state index in [4.69, 9.17) is 10.2 Å². The average molecular weight is 577 g/mol. The molecule has 6 atom stereocenters. The Balaban J connectivity index is 1.39. The maximum Gasteiger partial charge on any atom is 0.235 e. The van der Waals surface area contributed by atoms with E-state index >= 15 is 0 Å². The van der Waals surface area contributed by atoms with Gasteiger partial charge in [0.1, 0.15) is 17.3 Å². The highest BCUT2D eigenvalue weighted by molar-refractivity contribution is 6.32. The number of fused-ring (bicyclic) bond motifs is 3. The number of nitrogens with two attached hydrogens (primary N) is 1. The first-order chi connectivity index (χ1) is 19.9. The summed E-state index contributed by atoms with van der Waals surface area (Å²) < 4.78 is 6.24. The third kappa shape index (κ3) is 4.18. The third-order valence-electron chi connectivity index (χ3n) is 10.1. The van der Waals surface area contributed by atoms with Crippen LogP contribution in [0.2, 0.25) is 0 Å². The second-order valence-electron chi connectivity index (χ2n) is 12.7. The van der Waals surface area contributed by atoms with E-state index in [1.807, 2.05) is 12.1 Å². The lowest BCUT2D eigenvalue weighted by molar-refractivity contribution is -0.181. The molecule has 2 aromatic rings. The predicted molar refractivity (Wildman–Crippen MR) is 149 cm³/mol. The van der Waals surface area contributed by atoms with Gasteiger partial charge in [0.05, 0.1) is 17.5 Å². The number of phenols is 1. The summed E-state index contributed by atoms with van der Waals surface area (Å²) in [6, 6.07) is 5.74. The van der Waals surface area contributed by atoms with Crippen molar-refractivity contribution in [2.45, 2.75) is 63.0 Å². The van der Waals surface area contributed by atoms with Gasteiger partial charge in [-0.15, -0.1) is 0 Å². The SMILES string of the molecule is CN(C)[C@H]1C(=O)C(C(N)=O)C(=O)[C@]2(O)C(=O)C3C(=O)c4c(O)ccc(-c5ccc(CC6CCCCC6)o5)c4C[C@@H]3C[C@H]12. The van der Waals surface area contributed by atoms with E-state index in [0.717, 1.165) is 12.2 Å². The van der Waals surface area contributed by atoms with E-state index in [2.05, 4.69) is 0 Å². The van der Waals surface area contributed by atoms with Crippen LogP contribution in [0, 0.1) is 29.6 Å².